The molecule has 7 aromatic rings. The van der Waals surface area contributed by atoms with Crippen LogP contribution in [0.15, 0.2) is 177 Å². The summed E-state index contributed by atoms with van der Waals surface area (Å²) < 4.78 is 0. The summed E-state index contributed by atoms with van der Waals surface area (Å²) in [5.41, 5.74) is 10.7. The fourth-order valence-corrected chi connectivity index (χ4v) is 17.7. The van der Waals surface area contributed by atoms with E-state index in [4.69, 9.17) is 0 Å². The van der Waals surface area contributed by atoms with Crippen LogP contribution in [-0.4, -0.2) is 8.07 Å². The van der Waals surface area contributed by atoms with Crippen LogP contribution in [0.5, 0.6) is 0 Å². The topological polar surface area (TPSA) is 0 Å². The molecule has 0 fully saturated rings. The molecular weight excluding hydrogens is 693 g/mol. The highest BCUT2D eigenvalue weighted by molar-refractivity contribution is 8.00. The van der Waals surface area contributed by atoms with Gasteiger partial charge in [0.05, 0.1) is 0 Å². The molecule has 0 radical (unpaired) electrons. The minimum atomic E-state index is -2.83. The van der Waals surface area contributed by atoms with Crippen LogP contribution >= 0.6 is 23.5 Å². The van der Waals surface area contributed by atoms with E-state index in [2.05, 4.69) is 199 Å². The zero-order valence-electron chi connectivity index (χ0n) is 31.3. The minimum Gasteiger partial charge on any atom is -0.0895 e. The number of hydrogen-bond donors (Lipinski definition) is 0. The van der Waals surface area contributed by atoms with Gasteiger partial charge >= 0.3 is 0 Å². The number of rotatable bonds is 5. The van der Waals surface area contributed by atoms with Crippen molar-refractivity contribution in [3.63, 3.8) is 0 Å². The summed E-state index contributed by atoms with van der Waals surface area (Å²) in [6, 6.07) is 60.4. The average molecular weight is 737 g/mol. The van der Waals surface area contributed by atoms with Gasteiger partial charge in [0.25, 0.3) is 0 Å². The molecular formula is C50H44S2Si. The van der Waals surface area contributed by atoms with Crippen LogP contribution in [0.2, 0.25) is 0 Å². The van der Waals surface area contributed by atoms with Gasteiger partial charge in [0.2, 0.25) is 0 Å². The van der Waals surface area contributed by atoms with Gasteiger partial charge in [0.1, 0.15) is 0 Å². The zero-order valence-corrected chi connectivity index (χ0v) is 34.0. The Bertz CT molecular complexity index is 2470. The number of aryl methyl sites for hydroxylation is 2. The Morgan fingerprint density at radius 3 is 1.64 bits per heavy atom. The van der Waals surface area contributed by atoms with Crippen LogP contribution in [0.25, 0.3) is 11.1 Å². The summed E-state index contributed by atoms with van der Waals surface area (Å²) in [5.74, 6) is 0. The van der Waals surface area contributed by atoms with Crippen molar-refractivity contribution in [2.24, 2.45) is 0 Å². The molecule has 0 N–H and O–H groups in total. The van der Waals surface area contributed by atoms with Gasteiger partial charge in [-0.3, -0.25) is 0 Å². The summed E-state index contributed by atoms with van der Waals surface area (Å²) in [7, 11) is -2.83. The lowest BCUT2D eigenvalue weighted by Crippen LogP contribution is -2.75. The molecule has 0 unspecified atom stereocenters. The van der Waals surface area contributed by atoms with Crippen LogP contribution in [0.4, 0.5) is 0 Å². The van der Waals surface area contributed by atoms with Gasteiger partial charge in [-0.1, -0.05) is 197 Å². The van der Waals surface area contributed by atoms with E-state index in [0.717, 1.165) is 0 Å². The third-order valence-electron chi connectivity index (χ3n) is 11.9. The SMILES string of the molecule is Cc1ccc2c(c1)Sc1c(ccc(C)c1-c1ccc([Si](c3ccccc3)(c3ccccc3)c3cccc4c3Sc3ccccc3C4(C)C)cc1)C2(C)C. The van der Waals surface area contributed by atoms with Gasteiger partial charge in [0.15, 0.2) is 8.07 Å². The molecule has 53 heavy (non-hydrogen) atoms. The Kier molecular flexibility index (Phi) is 8.27. The Morgan fingerprint density at radius 1 is 0.434 bits per heavy atom. The second-order valence-corrected chi connectivity index (χ2v) is 21.7. The number of fused-ring (bicyclic) bond motifs is 4. The molecule has 9 rings (SSSR count). The lowest BCUT2D eigenvalue weighted by atomic mass is 9.76. The minimum absolute atomic E-state index is 0.0782. The Hall–Kier alpha value is -4.54. The van der Waals surface area contributed by atoms with Crippen molar-refractivity contribution in [1.82, 2.24) is 0 Å². The molecule has 2 aliphatic heterocycles. The van der Waals surface area contributed by atoms with E-state index >= 15 is 0 Å². The molecule has 260 valence electrons. The predicted molar refractivity (Wildman–Crippen MR) is 230 cm³/mol. The molecule has 0 saturated carbocycles. The maximum atomic E-state index is 2.48. The van der Waals surface area contributed by atoms with Crippen molar-refractivity contribution in [1.29, 1.82) is 0 Å². The van der Waals surface area contributed by atoms with Gasteiger partial charge < -0.3 is 0 Å². The third kappa shape index (κ3) is 5.27. The summed E-state index contributed by atoms with van der Waals surface area (Å²) in [6.45, 7) is 14.1. The summed E-state index contributed by atoms with van der Waals surface area (Å²) in [5, 5.41) is 5.68. The summed E-state index contributed by atoms with van der Waals surface area (Å²) >= 11 is 3.92. The first-order chi connectivity index (χ1) is 25.6. The highest BCUT2D eigenvalue weighted by Gasteiger charge is 2.46. The smallest absolute Gasteiger partial charge is 0.0895 e. The Balaban J connectivity index is 1.28. The molecule has 0 spiro atoms. The first-order valence-electron chi connectivity index (χ1n) is 18.7. The molecule has 0 nitrogen and oxygen atoms in total. The van der Waals surface area contributed by atoms with Gasteiger partial charge in [0, 0.05) is 30.4 Å². The molecule has 7 aromatic carbocycles. The second-order valence-electron chi connectivity index (χ2n) is 15.8. The lowest BCUT2D eigenvalue weighted by Gasteiger charge is -2.41. The van der Waals surface area contributed by atoms with E-state index < -0.39 is 8.07 Å². The fraction of sp³-hybridized carbons (Fsp3) is 0.160. The van der Waals surface area contributed by atoms with Gasteiger partial charge in [-0.2, -0.15) is 0 Å². The van der Waals surface area contributed by atoms with E-state index in [1.165, 1.54) is 84.8 Å². The molecule has 0 aromatic heterocycles. The lowest BCUT2D eigenvalue weighted by molar-refractivity contribution is 0.607. The summed E-state index contributed by atoms with van der Waals surface area (Å²) in [6.07, 6.45) is 0. The maximum Gasteiger partial charge on any atom is 0.180 e. The van der Waals surface area contributed by atoms with Crippen LogP contribution in [-0.2, 0) is 10.8 Å². The highest BCUT2D eigenvalue weighted by atomic mass is 32.2. The predicted octanol–water partition coefficient (Wildman–Crippen LogP) is 10.9. The Labute approximate surface area is 324 Å². The second kappa shape index (κ2) is 12.8. The zero-order chi connectivity index (χ0) is 36.5. The van der Waals surface area contributed by atoms with Crippen molar-refractivity contribution in [3.05, 3.63) is 191 Å². The van der Waals surface area contributed by atoms with Crippen LogP contribution in [0.3, 0.4) is 0 Å². The molecule has 0 aliphatic carbocycles. The van der Waals surface area contributed by atoms with E-state index in [9.17, 15) is 0 Å². The van der Waals surface area contributed by atoms with Gasteiger partial charge in [-0.25, -0.2) is 0 Å². The van der Waals surface area contributed by atoms with E-state index in [1.54, 1.807) is 0 Å². The van der Waals surface area contributed by atoms with E-state index in [-0.39, 0.29) is 10.8 Å². The van der Waals surface area contributed by atoms with E-state index in [1.807, 2.05) is 23.5 Å². The van der Waals surface area contributed by atoms with Gasteiger partial charge in [-0.05, 0) is 91.2 Å². The van der Waals surface area contributed by atoms with Gasteiger partial charge in [-0.15, -0.1) is 0 Å². The Morgan fingerprint density at radius 2 is 0.962 bits per heavy atom. The molecule has 2 aliphatic rings. The van der Waals surface area contributed by atoms with Crippen molar-refractivity contribution in [2.75, 3.05) is 0 Å². The van der Waals surface area contributed by atoms with Crippen LogP contribution < -0.4 is 20.7 Å². The first kappa shape index (κ1) is 34.2. The molecule has 0 bridgehead atoms. The number of benzene rings is 7. The van der Waals surface area contributed by atoms with Crippen LogP contribution in [0.1, 0.15) is 61.1 Å². The van der Waals surface area contributed by atoms with Crippen molar-refractivity contribution < 1.29 is 0 Å². The third-order valence-corrected chi connectivity index (χ3v) is 19.4. The fourth-order valence-electron chi connectivity index (χ4n) is 9.11. The maximum absolute atomic E-state index is 2.83. The molecule has 0 amide bonds. The normalized spacial score (nSPS) is 15.1. The average Bonchev–Trinajstić information content (AvgIpc) is 3.16. The van der Waals surface area contributed by atoms with Crippen molar-refractivity contribution in [2.45, 2.75) is 72.0 Å². The van der Waals surface area contributed by atoms with Crippen molar-refractivity contribution in [3.8, 4) is 11.1 Å². The largest absolute Gasteiger partial charge is 0.180 e. The monoisotopic (exact) mass is 736 g/mol. The van der Waals surface area contributed by atoms with Crippen LogP contribution in [0, 0.1) is 13.8 Å². The quantitative estimate of drug-likeness (QED) is 0.127. The standard InChI is InChI=1S/C50H44S2Si/c1-33-24-30-40-44(32-33)52-48-42(50(40,5)6)31-25-34(2)46(48)35-26-28-38(29-27-35)53(36-16-9-7-10-17-36,37-18-11-8-12-19-37)45-23-15-21-41-47(45)51-43-22-14-13-20-39(43)49(41,3)4/h7-32H,1-6H3. The highest BCUT2D eigenvalue weighted by Crippen LogP contribution is 2.53. The number of hydrogen-bond acceptors (Lipinski definition) is 2. The molecule has 3 heteroatoms. The van der Waals surface area contributed by atoms with Crippen molar-refractivity contribution >= 4 is 52.3 Å². The molecule has 0 saturated heterocycles. The summed E-state index contributed by atoms with van der Waals surface area (Å²) in [4.78, 5) is 5.55. The molecule has 0 atom stereocenters. The van der Waals surface area contributed by atoms with E-state index in [0.29, 0.717) is 0 Å². The first-order valence-corrected chi connectivity index (χ1v) is 22.3. The molecule has 2 heterocycles.